The zero-order valence-electron chi connectivity index (χ0n) is 18.4. The highest BCUT2D eigenvalue weighted by Gasteiger charge is 2.25. The van der Waals surface area contributed by atoms with E-state index >= 15 is 0 Å². The van der Waals surface area contributed by atoms with Crippen LogP contribution in [0.15, 0.2) is 53.1 Å². The second-order valence-electron chi connectivity index (χ2n) is 8.43. The molecular formula is C25H26ClFN2O4. The standard InChI is InChI=1S/C25H26ClFN2O4/c1-14(2)22-13-33-24(29-22)23(30)11-16(10-21(28)25(31)32)9-15-3-5-17(6-4-15)19-12-18(26)7-8-20(19)27/h3-8,12-14,16,21H,9-11,28H2,1-2H3,(H,31,32)/t16-,21-/m1/s1. The molecule has 0 radical (unpaired) electrons. The smallest absolute Gasteiger partial charge is 0.320 e. The molecule has 0 aliphatic rings. The average molecular weight is 473 g/mol. The number of ketones is 1. The summed E-state index contributed by atoms with van der Waals surface area (Å²) < 4.78 is 19.5. The molecule has 0 saturated carbocycles. The quantitative estimate of drug-likeness (QED) is 0.378. The third-order valence-electron chi connectivity index (χ3n) is 5.45. The van der Waals surface area contributed by atoms with Crippen molar-refractivity contribution in [2.24, 2.45) is 11.7 Å². The first kappa shape index (κ1) is 24.6. The maximum Gasteiger partial charge on any atom is 0.320 e. The van der Waals surface area contributed by atoms with E-state index in [0.29, 0.717) is 28.3 Å². The van der Waals surface area contributed by atoms with Crippen molar-refractivity contribution in [2.75, 3.05) is 0 Å². The molecule has 3 aromatic rings. The molecule has 3 rings (SSSR count). The summed E-state index contributed by atoms with van der Waals surface area (Å²) in [6.45, 7) is 3.89. The Balaban J connectivity index is 1.77. The number of carboxylic acid groups (broad SMARTS) is 1. The summed E-state index contributed by atoms with van der Waals surface area (Å²) in [4.78, 5) is 28.3. The molecule has 1 heterocycles. The van der Waals surface area contributed by atoms with E-state index in [4.69, 9.17) is 21.8 Å². The highest BCUT2D eigenvalue weighted by atomic mass is 35.5. The molecule has 2 aromatic carbocycles. The Hall–Kier alpha value is -3.03. The summed E-state index contributed by atoms with van der Waals surface area (Å²) in [5.41, 5.74) is 8.35. The Labute approximate surface area is 196 Å². The fraction of sp³-hybridized carbons (Fsp3) is 0.320. The van der Waals surface area contributed by atoms with Crippen LogP contribution in [0.2, 0.25) is 5.02 Å². The molecule has 0 saturated heterocycles. The van der Waals surface area contributed by atoms with E-state index in [0.717, 1.165) is 5.56 Å². The van der Waals surface area contributed by atoms with Gasteiger partial charge in [0.05, 0.1) is 5.69 Å². The van der Waals surface area contributed by atoms with Crippen molar-refractivity contribution < 1.29 is 23.5 Å². The topological polar surface area (TPSA) is 106 Å². The lowest BCUT2D eigenvalue weighted by Gasteiger charge is -2.18. The fourth-order valence-corrected chi connectivity index (χ4v) is 3.77. The summed E-state index contributed by atoms with van der Waals surface area (Å²) >= 11 is 5.99. The molecule has 1 aromatic heterocycles. The number of nitrogens with zero attached hydrogens (tertiary/aromatic N) is 1. The van der Waals surface area contributed by atoms with Crippen LogP contribution in [0, 0.1) is 11.7 Å². The molecule has 6 nitrogen and oxygen atoms in total. The van der Waals surface area contributed by atoms with Crippen LogP contribution < -0.4 is 5.73 Å². The summed E-state index contributed by atoms with van der Waals surface area (Å²) in [5, 5.41) is 9.67. The van der Waals surface area contributed by atoms with E-state index in [2.05, 4.69) is 4.98 Å². The summed E-state index contributed by atoms with van der Waals surface area (Å²) in [7, 11) is 0. The van der Waals surface area contributed by atoms with Crippen LogP contribution in [0.3, 0.4) is 0 Å². The first-order valence-corrected chi connectivity index (χ1v) is 11.0. The Bertz CT molecular complexity index is 1130. The van der Waals surface area contributed by atoms with Crippen molar-refractivity contribution in [3.63, 3.8) is 0 Å². The van der Waals surface area contributed by atoms with Gasteiger partial charge in [-0.05, 0) is 54.0 Å². The average Bonchev–Trinajstić information content (AvgIpc) is 3.27. The maximum absolute atomic E-state index is 14.2. The van der Waals surface area contributed by atoms with Gasteiger partial charge in [0.15, 0.2) is 0 Å². The van der Waals surface area contributed by atoms with Gasteiger partial charge in [-0.1, -0.05) is 49.7 Å². The number of aromatic nitrogens is 1. The molecule has 0 amide bonds. The zero-order valence-corrected chi connectivity index (χ0v) is 19.2. The van der Waals surface area contributed by atoms with Crippen molar-refractivity contribution in [3.05, 3.63) is 76.7 Å². The lowest BCUT2D eigenvalue weighted by Crippen LogP contribution is -2.33. The van der Waals surface area contributed by atoms with Gasteiger partial charge in [0.2, 0.25) is 5.78 Å². The highest BCUT2D eigenvalue weighted by molar-refractivity contribution is 6.30. The third kappa shape index (κ3) is 6.49. The number of carbonyl (C=O) groups is 2. The van der Waals surface area contributed by atoms with E-state index in [-0.39, 0.29) is 42.2 Å². The number of hydrogen-bond acceptors (Lipinski definition) is 5. The van der Waals surface area contributed by atoms with E-state index in [1.54, 1.807) is 18.2 Å². The van der Waals surface area contributed by atoms with Crippen LogP contribution in [0.1, 0.15) is 54.5 Å². The van der Waals surface area contributed by atoms with Crippen LogP contribution in [0.25, 0.3) is 11.1 Å². The molecule has 0 unspecified atom stereocenters. The molecule has 0 bridgehead atoms. The van der Waals surface area contributed by atoms with Crippen molar-refractivity contribution >= 4 is 23.4 Å². The fourth-order valence-electron chi connectivity index (χ4n) is 3.60. The highest BCUT2D eigenvalue weighted by Crippen LogP contribution is 2.28. The Morgan fingerprint density at radius 1 is 1.18 bits per heavy atom. The first-order valence-electron chi connectivity index (χ1n) is 10.7. The lowest BCUT2D eigenvalue weighted by molar-refractivity contribution is -0.138. The second-order valence-corrected chi connectivity index (χ2v) is 8.87. The number of hydrogen-bond donors (Lipinski definition) is 2. The number of Topliss-reactive ketones (excluding diaryl/α,β-unsaturated/α-hetero) is 1. The minimum atomic E-state index is -1.13. The number of carboxylic acids is 1. The molecule has 0 aliphatic carbocycles. The number of rotatable bonds is 10. The van der Waals surface area contributed by atoms with Gasteiger partial charge in [0, 0.05) is 17.0 Å². The van der Waals surface area contributed by atoms with Gasteiger partial charge >= 0.3 is 5.97 Å². The molecule has 33 heavy (non-hydrogen) atoms. The Kier molecular flexibility index (Phi) is 8.00. The molecule has 2 atom stereocenters. The van der Waals surface area contributed by atoms with Gasteiger partial charge in [-0.15, -0.1) is 0 Å². The molecule has 0 fully saturated rings. The van der Waals surface area contributed by atoms with Crippen molar-refractivity contribution in [2.45, 2.75) is 45.1 Å². The molecule has 3 N–H and O–H groups in total. The minimum absolute atomic E-state index is 0.0133. The largest absolute Gasteiger partial charge is 0.480 e. The van der Waals surface area contributed by atoms with Crippen molar-refractivity contribution in [1.82, 2.24) is 4.98 Å². The van der Waals surface area contributed by atoms with Gasteiger partial charge in [-0.3, -0.25) is 9.59 Å². The van der Waals surface area contributed by atoms with Crippen LogP contribution in [0.4, 0.5) is 4.39 Å². The number of nitrogens with two attached hydrogens (primary N) is 1. The van der Waals surface area contributed by atoms with E-state index in [9.17, 15) is 19.1 Å². The maximum atomic E-state index is 14.2. The SMILES string of the molecule is CC(C)c1coc(C(=O)C[C@H](Cc2ccc(-c3cc(Cl)ccc3F)cc2)C[C@@H](N)C(=O)O)n1. The van der Waals surface area contributed by atoms with Gasteiger partial charge in [-0.25, -0.2) is 9.37 Å². The van der Waals surface area contributed by atoms with Crippen LogP contribution in [-0.2, 0) is 11.2 Å². The minimum Gasteiger partial charge on any atom is -0.480 e. The predicted molar refractivity (Wildman–Crippen MR) is 124 cm³/mol. The van der Waals surface area contributed by atoms with Crippen LogP contribution in [-0.4, -0.2) is 27.9 Å². The van der Waals surface area contributed by atoms with Gasteiger partial charge in [0.1, 0.15) is 18.1 Å². The van der Waals surface area contributed by atoms with Gasteiger partial charge < -0.3 is 15.3 Å². The molecule has 8 heteroatoms. The molecule has 174 valence electrons. The van der Waals surface area contributed by atoms with E-state index in [1.807, 2.05) is 26.0 Å². The van der Waals surface area contributed by atoms with Crippen molar-refractivity contribution in [1.29, 1.82) is 0 Å². The Morgan fingerprint density at radius 2 is 1.88 bits per heavy atom. The molecule has 0 spiro atoms. The van der Waals surface area contributed by atoms with E-state index < -0.39 is 12.0 Å². The Morgan fingerprint density at radius 3 is 2.48 bits per heavy atom. The summed E-state index contributed by atoms with van der Waals surface area (Å²) in [6.07, 6.45) is 2.04. The summed E-state index contributed by atoms with van der Waals surface area (Å²) in [5.74, 6) is -2.02. The third-order valence-corrected chi connectivity index (χ3v) is 5.68. The van der Waals surface area contributed by atoms with Crippen molar-refractivity contribution in [3.8, 4) is 11.1 Å². The number of benzene rings is 2. The number of oxazole rings is 1. The number of halogens is 2. The van der Waals surface area contributed by atoms with Crippen LogP contribution >= 0.6 is 11.6 Å². The second kappa shape index (κ2) is 10.7. The predicted octanol–water partition coefficient (Wildman–Crippen LogP) is 5.49. The lowest BCUT2D eigenvalue weighted by atomic mass is 9.88. The number of aliphatic carboxylic acids is 1. The molecular weight excluding hydrogens is 447 g/mol. The number of carbonyl (C=O) groups excluding carboxylic acids is 1. The zero-order chi connectivity index (χ0) is 24.1. The van der Waals surface area contributed by atoms with Gasteiger partial charge in [0.25, 0.3) is 5.89 Å². The van der Waals surface area contributed by atoms with Gasteiger partial charge in [-0.2, -0.15) is 0 Å². The normalized spacial score (nSPS) is 13.2. The monoisotopic (exact) mass is 472 g/mol. The van der Waals surface area contributed by atoms with Crippen LogP contribution in [0.5, 0.6) is 0 Å². The van der Waals surface area contributed by atoms with E-state index in [1.165, 1.54) is 18.4 Å². The first-order chi connectivity index (χ1) is 15.6. The summed E-state index contributed by atoms with van der Waals surface area (Å²) in [6, 6.07) is 10.4. The molecule has 0 aliphatic heterocycles.